The molecule has 1 aromatic heterocycles. The zero-order valence-electron chi connectivity index (χ0n) is 14.3. The summed E-state index contributed by atoms with van der Waals surface area (Å²) in [7, 11) is 0. The number of hydrogen-bond acceptors (Lipinski definition) is 5. The summed E-state index contributed by atoms with van der Waals surface area (Å²) in [4.78, 5) is 44.0. The number of aromatic nitrogens is 2. The molecule has 3 N–H and O–H groups in total. The minimum absolute atomic E-state index is 0.0133. The molecular weight excluding hydrogens is 324 g/mol. The summed E-state index contributed by atoms with van der Waals surface area (Å²) in [6.07, 6.45) is 9.20. The van der Waals surface area contributed by atoms with Gasteiger partial charge in [-0.3, -0.25) is 14.6 Å². The smallest absolute Gasteiger partial charge is 0.326 e. The van der Waals surface area contributed by atoms with Crippen LogP contribution < -0.4 is 10.6 Å². The fraction of sp³-hybridized carbons (Fsp3) is 0.588. The second kappa shape index (κ2) is 9.10. The van der Waals surface area contributed by atoms with E-state index < -0.39 is 29.9 Å². The number of aliphatic carboxylic acids is 1. The van der Waals surface area contributed by atoms with E-state index in [-0.39, 0.29) is 18.0 Å². The average molecular weight is 348 g/mol. The Hall–Kier alpha value is -2.51. The number of nitrogens with one attached hydrogen (secondary N) is 2. The molecule has 2 unspecified atom stereocenters. The highest BCUT2D eigenvalue weighted by Crippen LogP contribution is 2.27. The highest BCUT2D eigenvalue weighted by atomic mass is 16.4. The molecule has 1 aromatic rings. The maximum Gasteiger partial charge on any atom is 0.326 e. The lowest BCUT2D eigenvalue weighted by molar-refractivity contribution is -0.142. The summed E-state index contributed by atoms with van der Waals surface area (Å²) in [6, 6.07) is -1.74. The standard InChI is InChI=1S/C17H24N4O4/c1-2-12(17(24)25)20-16(23)14(11-6-4-3-5-7-11)21-15(22)13-10-18-8-9-19-13/h8-12,14H,2-7H2,1H3,(H,20,23)(H,21,22)(H,24,25). The van der Waals surface area contributed by atoms with Crippen molar-refractivity contribution in [3.8, 4) is 0 Å². The Kier molecular flexibility index (Phi) is 6.85. The first-order chi connectivity index (χ1) is 12.0. The minimum atomic E-state index is -1.08. The SMILES string of the molecule is CCC(NC(=O)C(NC(=O)c1cnccn1)C1CCCCC1)C(=O)O. The van der Waals surface area contributed by atoms with E-state index in [4.69, 9.17) is 5.11 Å². The molecule has 0 bridgehead atoms. The Balaban J connectivity index is 2.13. The molecule has 1 aliphatic carbocycles. The fourth-order valence-electron chi connectivity index (χ4n) is 3.10. The third-order valence-corrected chi connectivity index (χ3v) is 4.51. The summed E-state index contributed by atoms with van der Waals surface area (Å²) in [6.45, 7) is 1.69. The van der Waals surface area contributed by atoms with E-state index in [2.05, 4.69) is 20.6 Å². The molecule has 1 aliphatic rings. The van der Waals surface area contributed by atoms with E-state index in [1.165, 1.54) is 18.6 Å². The first-order valence-electron chi connectivity index (χ1n) is 8.63. The van der Waals surface area contributed by atoms with Crippen LogP contribution in [0.25, 0.3) is 0 Å². The third-order valence-electron chi connectivity index (χ3n) is 4.51. The molecule has 1 saturated carbocycles. The number of nitrogens with zero attached hydrogens (tertiary/aromatic N) is 2. The first kappa shape index (κ1) is 18.8. The number of hydrogen-bond donors (Lipinski definition) is 3. The van der Waals surface area contributed by atoms with Gasteiger partial charge in [0, 0.05) is 12.4 Å². The molecule has 1 fully saturated rings. The van der Waals surface area contributed by atoms with Crippen LogP contribution >= 0.6 is 0 Å². The molecule has 8 heteroatoms. The Labute approximate surface area is 146 Å². The number of amides is 2. The van der Waals surface area contributed by atoms with Crippen molar-refractivity contribution in [1.82, 2.24) is 20.6 Å². The summed E-state index contributed by atoms with van der Waals surface area (Å²) in [5.41, 5.74) is 0.126. The maximum atomic E-state index is 12.7. The van der Waals surface area contributed by atoms with Crippen LogP contribution in [0.1, 0.15) is 55.9 Å². The maximum absolute atomic E-state index is 12.7. The monoisotopic (exact) mass is 348 g/mol. The van der Waals surface area contributed by atoms with E-state index in [1.54, 1.807) is 6.92 Å². The van der Waals surface area contributed by atoms with Crippen molar-refractivity contribution in [3.63, 3.8) is 0 Å². The van der Waals surface area contributed by atoms with Crippen molar-refractivity contribution < 1.29 is 19.5 Å². The highest BCUT2D eigenvalue weighted by molar-refractivity contribution is 5.96. The van der Waals surface area contributed by atoms with E-state index in [0.717, 1.165) is 32.1 Å². The topological polar surface area (TPSA) is 121 Å². The molecular formula is C17H24N4O4. The molecule has 0 radical (unpaired) electrons. The van der Waals surface area contributed by atoms with Crippen LogP contribution in [0, 0.1) is 5.92 Å². The van der Waals surface area contributed by atoms with Gasteiger partial charge in [-0.05, 0) is 25.2 Å². The fourth-order valence-corrected chi connectivity index (χ4v) is 3.10. The van der Waals surface area contributed by atoms with Gasteiger partial charge in [-0.2, -0.15) is 0 Å². The molecule has 25 heavy (non-hydrogen) atoms. The van der Waals surface area contributed by atoms with E-state index >= 15 is 0 Å². The Morgan fingerprint density at radius 2 is 1.92 bits per heavy atom. The van der Waals surface area contributed by atoms with Crippen LogP contribution in [0.4, 0.5) is 0 Å². The predicted molar refractivity (Wildman–Crippen MR) is 89.7 cm³/mol. The van der Waals surface area contributed by atoms with E-state index in [0.29, 0.717) is 0 Å². The van der Waals surface area contributed by atoms with Crippen molar-refractivity contribution >= 4 is 17.8 Å². The van der Waals surface area contributed by atoms with Gasteiger partial charge in [0.2, 0.25) is 5.91 Å². The van der Waals surface area contributed by atoms with E-state index in [9.17, 15) is 14.4 Å². The molecule has 2 atom stereocenters. The van der Waals surface area contributed by atoms with Gasteiger partial charge < -0.3 is 15.7 Å². The Morgan fingerprint density at radius 1 is 1.20 bits per heavy atom. The molecule has 2 amide bonds. The molecule has 0 spiro atoms. The highest BCUT2D eigenvalue weighted by Gasteiger charge is 2.33. The van der Waals surface area contributed by atoms with Crippen molar-refractivity contribution in [2.45, 2.75) is 57.5 Å². The Bertz CT molecular complexity index is 602. The van der Waals surface area contributed by atoms with Gasteiger partial charge in [0.1, 0.15) is 17.8 Å². The average Bonchev–Trinajstić information content (AvgIpc) is 2.64. The van der Waals surface area contributed by atoms with Gasteiger partial charge in [0.25, 0.3) is 5.91 Å². The van der Waals surface area contributed by atoms with Crippen LogP contribution in [0.2, 0.25) is 0 Å². The van der Waals surface area contributed by atoms with Crippen molar-refractivity contribution in [1.29, 1.82) is 0 Å². The quantitative estimate of drug-likeness (QED) is 0.679. The van der Waals surface area contributed by atoms with Crippen LogP contribution in [0.3, 0.4) is 0 Å². The first-order valence-corrected chi connectivity index (χ1v) is 8.63. The summed E-state index contributed by atoms with van der Waals surface area (Å²) < 4.78 is 0. The lowest BCUT2D eigenvalue weighted by Crippen LogP contribution is -2.54. The van der Waals surface area contributed by atoms with Crippen LogP contribution in [-0.2, 0) is 9.59 Å². The summed E-state index contributed by atoms with van der Waals surface area (Å²) in [5, 5.41) is 14.4. The van der Waals surface area contributed by atoms with Gasteiger partial charge in [0.15, 0.2) is 0 Å². The van der Waals surface area contributed by atoms with Crippen molar-refractivity contribution in [2.24, 2.45) is 5.92 Å². The van der Waals surface area contributed by atoms with Crippen LogP contribution in [0.15, 0.2) is 18.6 Å². The number of carboxylic acids is 1. The molecule has 1 heterocycles. The van der Waals surface area contributed by atoms with Gasteiger partial charge in [-0.25, -0.2) is 9.78 Å². The van der Waals surface area contributed by atoms with Gasteiger partial charge in [-0.1, -0.05) is 26.2 Å². The van der Waals surface area contributed by atoms with Crippen molar-refractivity contribution in [3.05, 3.63) is 24.3 Å². The second-order valence-corrected chi connectivity index (χ2v) is 6.25. The molecule has 0 saturated heterocycles. The predicted octanol–water partition coefficient (Wildman–Crippen LogP) is 1.13. The Morgan fingerprint density at radius 3 is 2.48 bits per heavy atom. The molecule has 136 valence electrons. The lowest BCUT2D eigenvalue weighted by atomic mass is 9.83. The van der Waals surface area contributed by atoms with Gasteiger partial charge in [0.05, 0.1) is 6.20 Å². The summed E-state index contributed by atoms with van der Waals surface area (Å²) in [5.74, 6) is -2.04. The number of carbonyl (C=O) groups is 3. The minimum Gasteiger partial charge on any atom is -0.480 e. The number of rotatable bonds is 7. The molecule has 8 nitrogen and oxygen atoms in total. The second-order valence-electron chi connectivity index (χ2n) is 6.25. The molecule has 0 aromatic carbocycles. The molecule has 0 aliphatic heterocycles. The zero-order chi connectivity index (χ0) is 18.2. The zero-order valence-corrected chi connectivity index (χ0v) is 14.3. The van der Waals surface area contributed by atoms with Crippen LogP contribution in [-0.4, -0.2) is 44.9 Å². The lowest BCUT2D eigenvalue weighted by Gasteiger charge is -2.30. The molecule has 2 rings (SSSR count). The largest absolute Gasteiger partial charge is 0.480 e. The number of carboxylic acid groups (broad SMARTS) is 1. The van der Waals surface area contributed by atoms with E-state index in [1.807, 2.05) is 0 Å². The summed E-state index contributed by atoms with van der Waals surface area (Å²) >= 11 is 0. The van der Waals surface area contributed by atoms with Crippen molar-refractivity contribution in [2.75, 3.05) is 0 Å². The number of carbonyl (C=O) groups excluding carboxylic acids is 2. The van der Waals surface area contributed by atoms with Gasteiger partial charge in [-0.15, -0.1) is 0 Å². The van der Waals surface area contributed by atoms with Crippen LogP contribution in [0.5, 0.6) is 0 Å². The normalized spacial score (nSPS) is 17.3. The van der Waals surface area contributed by atoms with Gasteiger partial charge >= 0.3 is 5.97 Å². The third kappa shape index (κ3) is 5.23.